The summed E-state index contributed by atoms with van der Waals surface area (Å²) in [7, 11) is 0. The molecular formula is C24H14Cl5NO3. The summed E-state index contributed by atoms with van der Waals surface area (Å²) in [5.74, 6) is 0.153. The minimum absolute atomic E-state index is 0.0274. The second-order valence-electron chi connectivity index (χ2n) is 6.85. The normalized spacial score (nSPS) is 10.8. The maximum absolute atomic E-state index is 12.6. The summed E-state index contributed by atoms with van der Waals surface area (Å²) in [6, 6.07) is 20.6. The average Bonchev–Trinajstić information content (AvgIpc) is 3.32. The van der Waals surface area contributed by atoms with E-state index in [-0.39, 0.29) is 43.2 Å². The molecule has 0 unspecified atom stereocenters. The molecule has 1 heterocycles. The van der Waals surface area contributed by atoms with Gasteiger partial charge in [0.05, 0.1) is 15.1 Å². The van der Waals surface area contributed by atoms with E-state index in [1.807, 2.05) is 54.6 Å². The van der Waals surface area contributed by atoms with E-state index >= 15 is 0 Å². The second kappa shape index (κ2) is 10.3. The molecule has 0 bridgehead atoms. The van der Waals surface area contributed by atoms with Crippen LogP contribution in [-0.2, 0) is 6.61 Å². The highest BCUT2D eigenvalue weighted by Gasteiger charge is 2.21. The van der Waals surface area contributed by atoms with Gasteiger partial charge in [0, 0.05) is 5.69 Å². The quantitative estimate of drug-likeness (QED) is 0.196. The summed E-state index contributed by atoms with van der Waals surface area (Å²) in [5, 5.41) is 2.95. The Morgan fingerprint density at radius 2 is 1.30 bits per heavy atom. The number of furan rings is 1. The lowest BCUT2D eigenvalue weighted by Crippen LogP contribution is -2.10. The van der Waals surface area contributed by atoms with E-state index in [1.54, 1.807) is 6.07 Å². The number of halogens is 5. The van der Waals surface area contributed by atoms with Gasteiger partial charge < -0.3 is 14.5 Å². The molecule has 0 radical (unpaired) electrons. The largest absolute Gasteiger partial charge is 0.482 e. The van der Waals surface area contributed by atoms with Gasteiger partial charge in [0.15, 0.2) is 11.5 Å². The summed E-state index contributed by atoms with van der Waals surface area (Å²) in [6.45, 7) is -0.0627. The van der Waals surface area contributed by atoms with E-state index < -0.39 is 5.91 Å². The van der Waals surface area contributed by atoms with Crippen molar-refractivity contribution in [2.75, 3.05) is 5.32 Å². The van der Waals surface area contributed by atoms with Crippen LogP contribution in [0.3, 0.4) is 0 Å². The molecule has 0 saturated heterocycles. The summed E-state index contributed by atoms with van der Waals surface area (Å²) >= 11 is 30.4. The van der Waals surface area contributed by atoms with Gasteiger partial charge in [-0.3, -0.25) is 4.79 Å². The fraction of sp³-hybridized carbons (Fsp3) is 0.0417. The summed E-state index contributed by atoms with van der Waals surface area (Å²) in [4.78, 5) is 12.6. The molecule has 0 saturated carbocycles. The first-order valence-corrected chi connectivity index (χ1v) is 11.4. The number of ether oxygens (including phenoxy) is 1. The lowest BCUT2D eigenvalue weighted by Gasteiger charge is -2.12. The molecule has 1 aromatic heterocycles. The van der Waals surface area contributed by atoms with Crippen molar-refractivity contribution in [3.8, 4) is 16.9 Å². The molecule has 0 fully saturated rings. The monoisotopic (exact) mass is 539 g/mol. The number of anilines is 1. The first-order valence-electron chi connectivity index (χ1n) is 9.55. The lowest BCUT2D eigenvalue weighted by atomic mass is 10.1. The van der Waals surface area contributed by atoms with Gasteiger partial charge in [-0.15, -0.1) is 0 Å². The van der Waals surface area contributed by atoms with E-state index in [4.69, 9.17) is 67.2 Å². The Labute approximate surface area is 214 Å². The number of nitrogens with one attached hydrogen (secondary N) is 1. The van der Waals surface area contributed by atoms with E-state index in [9.17, 15) is 4.79 Å². The highest BCUT2D eigenvalue weighted by atomic mass is 35.5. The minimum atomic E-state index is -0.401. The van der Waals surface area contributed by atoms with Crippen molar-refractivity contribution in [3.05, 3.63) is 103 Å². The topological polar surface area (TPSA) is 51.5 Å². The Morgan fingerprint density at radius 3 is 1.94 bits per heavy atom. The third-order valence-corrected chi connectivity index (χ3v) is 6.91. The summed E-state index contributed by atoms with van der Waals surface area (Å²) < 4.78 is 11.2. The first-order chi connectivity index (χ1) is 15.8. The Morgan fingerprint density at radius 1 is 0.727 bits per heavy atom. The van der Waals surface area contributed by atoms with Gasteiger partial charge in [-0.25, -0.2) is 0 Å². The van der Waals surface area contributed by atoms with Crippen molar-refractivity contribution in [2.45, 2.75) is 6.61 Å². The van der Waals surface area contributed by atoms with Gasteiger partial charge >= 0.3 is 0 Å². The standard InChI is InChI=1S/C24H14Cl5NO3/c25-18-19(26)21(28)23(22(29)20(18)27)32-12-16-10-11-17(33-16)24(31)30-15-8-6-14(7-9-15)13-4-2-1-3-5-13/h1-11H,12H2,(H,30,31). The number of hydrogen-bond donors (Lipinski definition) is 1. The molecule has 0 atom stereocenters. The van der Waals surface area contributed by atoms with Gasteiger partial charge in [-0.05, 0) is 35.4 Å². The van der Waals surface area contributed by atoms with Crippen molar-refractivity contribution < 1.29 is 13.9 Å². The Bertz CT molecular complexity index is 1270. The maximum Gasteiger partial charge on any atom is 0.291 e. The van der Waals surface area contributed by atoms with Crippen LogP contribution in [0.1, 0.15) is 16.3 Å². The predicted octanol–water partition coefficient (Wildman–Crippen LogP) is 9.04. The van der Waals surface area contributed by atoms with Crippen LogP contribution in [0.4, 0.5) is 5.69 Å². The van der Waals surface area contributed by atoms with Gasteiger partial charge in [0.1, 0.15) is 22.4 Å². The van der Waals surface area contributed by atoms with Crippen molar-refractivity contribution in [1.29, 1.82) is 0 Å². The molecule has 0 aliphatic rings. The molecular weight excluding hydrogens is 528 g/mol. The molecule has 33 heavy (non-hydrogen) atoms. The van der Waals surface area contributed by atoms with Crippen LogP contribution in [0, 0.1) is 0 Å². The summed E-state index contributed by atoms with van der Waals surface area (Å²) in [6.07, 6.45) is 0. The minimum Gasteiger partial charge on any atom is -0.482 e. The highest BCUT2D eigenvalue weighted by Crippen LogP contribution is 2.48. The summed E-state index contributed by atoms with van der Waals surface area (Å²) in [5.41, 5.74) is 2.78. The number of carbonyl (C=O) groups excluding carboxylic acids is 1. The van der Waals surface area contributed by atoms with Crippen LogP contribution in [0.2, 0.25) is 25.1 Å². The van der Waals surface area contributed by atoms with E-state index in [1.165, 1.54) is 6.07 Å². The number of benzene rings is 3. The fourth-order valence-corrected chi connectivity index (χ4v) is 4.23. The fourth-order valence-electron chi connectivity index (χ4n) is 3.00. The molecule has 3 aromatic carbocycles. The van der Waals surface area contributed by atoms with Crippen LogP contribution < -0.4 is 10.1 Å². The molecule has 168 valence electrons. The van der Waals surface area contributed by atoms with Gasteiger partial charge in [-0.1, -0.05) is 100 Å². The van der Waals surface area contributed by atoms with E-state index in [0.29, 0.717) is 11.4 Å². The van der Waals surface area contributed by atoms with Crippen LogP contribution in [-0.4, -0.2) is 5.91 Å². The Hall–Kier alpha value is -2.34. The van der Waals surface area contributed by atoms with E-state index in [0.717, 1.165) is 11.1 Å². The zero-order chi connectivity index (χ0) is 23.5. The van der Waals surface area contributed by atoms with Gasteiger partial charge in [0.25, 0.3) is 5.91 Å². The molecule has 4 nitrogen and oxygen atoms in total. The number of rotatable bonds is 6. The molecule has 4 aromatic rings. The zero-order valence-electron chi connectivity index (χ0n) is 16.7. The number of amides is 1. The van der Waals surface area contributed by atoms with Crippen LogP contribution in [0.25, 0.3) is 11.1 Å². The SMILES string of the molecule is O=C(Nc1ccc(-c2ccccc2)cc1)c1ccc(COc2c(Cl)c(Cl)c(Cl)c(Cl)c2Cl)o1. The first kappa shape index (κ1) is 23.8. The third-order valence-electron chi connectivity index (χ3n) is 4.66. The highest BCUT2D eigenvalue weighted by molar-refractivity contribution is 6.55. The van der Waals surface area contributed by atoms with Crippen LogP contribution in [0.15, 0.2) is 71.1 Å². The van der Waals surface area contributed by atoms with Crippen molar-refractivity contribution >= 4 is 69.6 Å². The number of carbonyl (C=O) groups is 1. The third kappa shape index (κ3) is 5.26. The smallest absolute Gasteiger partial charge is 0.291 e. The Balaban J connectivity index is 1.41. The molecule has 1 amide bonds. The molecule has 4 rings (SSSR count). The zero-order valence-corrected chi connectivity index (χ0v) is 20.5. The molecule has 1 N–H and O–H groups in total. The van der Waals surface area contributed by atoms with Gasteiger partial charge in [-0.2, -0.15) is 0 Å². The molecule has 0 aliphatic heterocycles. The van der Waals surface area contributed by atoms with Crippen molar-refractivity contribution in [3.63, 3.8) is 0 Å². The predicted molar refractivity (Wildman–Crippen MR) is 134 cm³/mol. The second-order valence-corrected chi connectivity index (χ2v) is 8.74. The van der Waals surface area contributed by atoms with Crippen LogP contribution in [0.5, 0.6) is 5.75 Å². The van der Waals surface area contributed by atoms with E-state index in [2.05, 4.69) is 5.32 Å². The van der Waals surface area contributed by atoms with Crippen molar-refractivity contribution in [2.24, 2.45) is 0 Å². The lowest BCUT2D eigenvalue weighted by molar-refractivity contribution is 0.0992. The van der Waals surface area contributed by atoms with Crippen molar-refractivity contribution in [1.82, 2.24) is 0 Å². The Kier molecular flexibility index (Phi) is 7.42. The molecule has 9 heteroatoms. The average molecular weight is 542 g/mol. The van der Waals surface area contributed by atoms with Gasteiger partial charge in [0.2, 0.25) is 0 Å². The number of hydrogen-bond acceptors (Lipinski definition) is 3. The van der Waals surface area contributed by atoms with Crippen LogP contribution >= 0.6 is 58.0 Å². The molecule has 0 spiro atoms. The maximum atomic E-state index is 12.6. The molecule has 0 aliphatic carbocycles.